The van der Waals surface area contributed by atoms with Crippen LogP contribution in [-0.4, -0.2) is 18.4 Å². The van der Waals surface area contributed by atoms with Gasteiger partial charge in [0.05, 0.1) is 22.2 Å². The van der Waals surface area contributed by atoms with Crippen LogP contribution in [0.15, 0.2) is 42.5 Å². The van der Waals surface area contributed by atoms with E-state index in [9.17, 15) is 9.59 Å². The SMILES string of the molecule is O=C(Cc1ccc(N2CCCC2=O)cc1)Nc1cccc(Cl)c1Cl. The van der Waals surface area contributed by atoms with Crippen molar-refractivity contribution in [2.45, 2.75) is 19.3 Å². The quantitative estimate of drug-likeness (QED) is 0.881. The van der Waals surface area contributed by atoms with E-state index < -0.39 is 0 Å². The van der Waals surface area contributed by atoms with E-state index in [1.54, 1.807) is 23.1 Å². The molecule has 0 spiro atoms. The van der Waals surface area contributed by atoms with Gasteiger partial charge in [0, 0.05) is 18.7 Å². The molecule has 0 unspecified atom stereocenters. The molecular weight excluding hydrogens is 347 g/mol. The average molecular weight is 363 g/mol. The van der Waals surface area contributed by atoms with Crippen molar-refractivity contribution in [2.24, 2.45) is 0 Å². The van der Waals surface area contributed by atoms with Gasteiger partial charge in [-0.3, -0.25) is 9.59 Å². The maximum atomic E-state index is 12.2. The molecule has 6 heteroatoms. The Morgan fingerprint density at radius 2 is 1.88 bits per heavy atom. The first kappa shape index (κ1) is 16.8. The third-order valence-electron chi connectivity index (χ3n) is 3.91. The number of hydrogen-bond acceptors (Lipinski definition) is 2. The number of carbonyl (C=O) groups excluding carboxylic acids is 2. The fourth-order valence-electron chi connectivity index (χ4n) is 2.70. The van der Waals surface area contributed by atoms with Crippen LogP contribution in [0.25, 0.3) is 0 Å². The van der Waals surface area contributed by atoms with Gasteiger partial charge in [-0.2, -0.15) is 0 Å². The molecule has 2 aromatic rings. The first-order valence-corrected chi connectivity index (χ1v) is 8.43. The minimum Gasteiger partial charge on any atom is -0.324 e. The van der Waals surface area contributed by atoms with E-state index >= 15 is 0 Å². The first-order valence-electron chi connectivity index (χ1n) is 7.68. The van der Waals surface area contributed by atoms with Gasteiger partial charge in [0.2, 0.25) is 11.8 Å². The summed E-state index contributed by atoms with van der Waals surface area (Å²) < 4.78 is 0. The topological polar surface area (TPSA) is 49.4 Å². The standard InChI is InChI=1S/C18H16Cl2N2O2/c19-14-3-1-4-15(18(14)20)21-16(23)11-12-6-8-13(9-7-12)22-10-2-5-17(22)24/h1,3-4,6-9H,2,5,10-11H2,(H,21,23). The molecule has 1 aliphatic rings. The van der Waals surface area contributed by atoms with Crippen molar-refractivity contribution in [3.63, 3.8) is 0 Å². The van der Waals surface area contributed by atoms with Crippen LogP contribution < -0.4 is 10.2 Å². The Morgan fingerprint density at radius 1 is 1.12 bits per heavy atom. The van der Waals surface area contributed by atoms with E-state index in [-0.39, 0.29) is 18.2 Å². The van der Waals surface area contributed by atoms with Crippen LogP contribution in [0.1, 0.15) is 18.4 Å². The highest BCUT2D eigenvalue weighted by atomic mass is 35.5. The molecule has 1 N–H and O–H groups in total. The minimum atomic E-state index is -0.177. The summed E-state index contributed by atoms with van der Waals surface area (Å²) in [6.07, 6.45) is 1.71. The van der Waals surface area contributed by atoms with Crippen LogP contribution in [0.3, 0.4) is 0 Å². The largest absolute Gasteiger partial charge is 0.324 e. The molecule has 0 radical (unpaired) electrons. The number of hydrogen-bond donors (Lipinski definition) is 1. The number of carbonyl (C=O) groups is 2. The zero-order valence-corrected chi connectivity index (χ0v) is 14.4. The third-order valence-corrected chi connectivity index (χ3v) is 4.73. The van der Waals surface area contributed by atoms with Gasteiger partial charge in [-0.05, 0) is 36.2 Å². The maximum absolute atomic E-state index is 12.2. The second-order valence-corrected chi connectivity index (χ2v) is 6.43. The molecule has 1 heterocycles. The Kier molecular flexibility index (Phi) is 5.07. The average Bonchev–Trinajstić information content (AvgIpc) is 2.99. The van der Waals surface area contributed by atoms with Crippen molar-refractivity contribution in [1.82, 2.24) is 0 Å². The van der Waals surface area contributed by atoms with Crippen LogP contribution in [0.2, 0.25) is 10.0 Å². The predicted octanol–water partition coefficient (Wildman–Crippen LogP) is 4.30. The summed E-state index contributed by atoms with van der Waals surface area (Å²) in [5.74, 6) is -0.0275. The lowest BCUT2D eigenvalue weighted by Gasteiger charge is -2.16. The summed E-state index contributed by atoms with van der Waals surface area (Å²) in [7, 11) is 0. The molecule has 2 amide bonds. The molecular formula is C18H16Cl2N2O2. The normalized spacial score (nSPS) is 14.1. The molecule has 2 aromatic carbocycles. The predicted molar refractivity (Wildman–Crippen MR) is 96.8 cm³/mol. The van der Waals surface area contributed by atoms with Gasteiger partial charge in [-0.15, -0.1) is 0 Å². The molecule has 0 saturated carbocycles. The summed E-state index contributed by atoms with van der Waals surface area (Å²) in [5.41, 5.74) is 2.23. The van der Waals surface area contributed by atoms with Crippen molar-refractivity contribution in [2.75, 3.05) is 16.8 Å². The summed E-state index contributed by atoms with van der Waals surface area (Å²) in [4.78, 5) is 25.7. The molecule has 4 nitrogen and oxygen atoms in total. The third kappa shape index (κ3) is 3.71. The molecule has 1 fully saturated rings. The van der Waals surface area contributed by atoms with Gasteiger partial charge in [-0.25, -0.2) is 0 Å². The Hall–Kier alpha value is -2.04. The maximum Gasteiger partial charge on any atom is 0.228 e. The van der Waals surface area contributed by atoms with Crippen molar-refractivity contribution in [3.05, 3.63) is 58.1 Å². The monoisotopic (exact) mass is 362 g/mol. The fraction of sp³-hybridized carbons (Fsp3) is 0.222. The molecule has 0 aromatic heterocycles. The van der Waals surface area contributed by atoms with Gasteiger partial charge in [0.15, 0.2) is 0 Å². The summed E-state index contributed by atoms with van der Waals surface area (Å²) in [6.45, 7) is 0.756. The van der Waals surface area contributed by atoms with Crippen LogP contribution in [-0.2, 0) is 16.0 Å². The summed E-state index contributed by atoms with van der Waals surface area (Å²) >= 11 is 12.0. The van der Waals surface area contributed by atoms with Crippen LogP contribution in [0, 0.1) is 0 Å². The lowest BCUT2D eigenvalue weighted by Crippen LogP contribution is -2.23. The Morgan fingerprint density at radius 3 is 2.54 bits per heavy atom. The van der Waals surface area contributed by atoms with Crippen molar-refractivity contribution in [3.8, 4) is 0 Å². The zero-order valence-electron chi connectivity index (χ0n) is 12.9. The second-order valence-electron chi connectivity index (χ2n) is 5.64. The van der Waals surface area contributed by atoms with E-state index in [0.717, 1.165) is 24.2 Å². The smallest absolute Gasteiger partial charge is 0.228 e. The van der Waals surface area contributed by atoms with Crippen molar-refractivity contribution >= 4 is 46.4 Å². The fourth-order valence-corrected chi connectivity index (χ4v) is 3.04. The molecule has 0 atom stereocenters. The number of rotatable bonds is 4. The zero-order chi connectivity index (χ0) is 17.1. The first-order chi connectivity index (χ1) is 11.5. The van der Waals surface area contributed by atoms with Gasteiger partial charge in [0.1, 0.15) is 0 Å². The summed E-state index contributed by atoms with van der Waals surface area (Å²) in [6, 6.07) is 12.6. The van der Waals surface area contributed by atoms with Gasteiger partial charge < -0.3 is 10.2 Å². The number of nitrogens with one attached hydrogen (secondary N) is 1. The highest BCUT2D eigenvalue weighted by Gasteiger charge is 2.21. The van der Waals surface area contributed by atoms with E-state index in [0.29, 0.717) is 22.2 Å². The molecule has 3 rings (SSSR count). The van der Waals surface area contributed by atoms with E-state index in [4.69, 9.17) is 23.2 Å². The van der Waals surface area contributed by atoms with Crippen molar-refractivity contribution in [1.29, 1.82) is 0 Å². The highest BCUT2D eigenvalue weighted by molar-refractivity contribution is 6.44. The van der Waals surface area contributed by atoms with E-state index in [1.165, 1.54) is 0 Å². The van der Waals surface area contributed by atoms with Crippen molar-refractivity contribution < 1.29 is 9.59 Å². The van der Waals surface area contributed by atoms with Crippen LogP contribution >= 0.6 is 23.2 Å². The highest BCUT2D eigenvalue weighted by Crippen LogP contribution is 2.29. The van der Waals surface area contributed by atoms with Gasteiger partial charge >= 0.3 is 0 Å². The number of nitrogens with zero attached hydrogens (tertiary/aromatic N) is 1. The van der Waals surface area contributed by atoms with E-state index in [1.807, 2.05) is 24.3 Å². The molecule has 1 saturated heterocycles. The molecule has 0 aliphatic carbocycles. The lowest BCUT2D eigenvalue weighted by atomic mass is 10.1. The molecule has 124 valence electrons. The van der Waals surface area contributed by atoms with Crippen LogP contribution in [0.4, 0.5) is 11.4 Å². The summed E-state index contributed by atoms with van der Waals surface area (Å²) in [5, 5.41) is 3.48. The number of amides is 2. The molecule has 1 aliphatic heterocycles. The minimum absolute atomic E-state index is 0.149. The number of benzene rings is 2. The van der Waals surface area contributed by atoms with Gasteiger partial charge in [-0.1, -0.05) is 41.4 Å². The number of anilines is 2. The lowest BCUT2D eigenvalue weighted by molar-refractivity contribution is -0.117. The molecule has 0 bridgehead atoms. The van der Waals surface area contributed by atoms with Gasteiger partial charge in [0.25, 0.3) is 0 Å². The Bertz CT molecular complexity index is 775. The second kappa shape index (κ2) is 7.24. The van der Waals surface area contributed by atoms with E-state index in [2.05, 4.69) is 5.32 Å². The number of halogens is 2. The van der Waals surface area contributed by atoms with Crippen LogP contribution in [0.5, 0.6) is 0 Å². The Labute approximate surface area is 150 Å². The Balaban J connectivity index is 1.64. The molecule has 24 heavy (non-hydrogen) atoms.